The van der Waals surface area contributed by atoms with Crippen LogP contribution in [0.5, 0.6) is 0 Å². The van der Waals surface area contributed by atoms with Gasteiger partial charge >= 0.3 is 0 Å². The highest BCUT2D eigenvalue weighted by molar-refractivity contribution is 5.94. The Kier molecular flexibility index (Phi) is 3.26. The van der Waals surface area contributed by atoms with E-state index in [1.54, 1.807) is 35.9 Å². The molecule has 1 unspecified atom stereocenters. The second-order valence-corrected chi connectivity index (χ2v) is 4.60. The van der Waals surface area contributed by atoms with Crippen LogP contribution in [0.1, 0.15) is 36.5 Å². The van der Waals surface area contributed by atoms with E-state index < -0.39 is 0 Å². The summed E-state index contributed by atoms with van der Waals surface area (Å²) in [6.45, 7) is 2.32. The van der Waals surface area contributed by atoms with Gasteiger partial charge in [-0.25, -0.2) is 0 Å². The molecule has 1 fully saturated rings. The van der Waals surface area contributed by atoms with Crippen LogP contribution in [-0.4, -0.2) is 39.0 Å². The van der Waals surface area contributed by atoms with Gasteiger partial charge < -0.3 is 4.90 Å². The first-order valence-corrected chi connectivity index (χ1v) is 5.87. The van der Waals surface area contributed by atoms with Crippen molar-refractivity contribution < 1.29 is 9.59 Å². The van der Waals surface area contributed by atoms with Gasteiger partial charge in [-0.2, -0.15) is 5.10 Å². The first-order chi connectivity index (χ1) is 8.08. The van der Waals surface area contributed by atoms with E-state index in [9.17, 15) is 9.59 Å². The third-order valence-corrected chi connectivity index (χ3v) is 3.11. The average Bonchev–Trinajstić information content (AvgIpc) is 2.85. The number of nitrogens with zero attached hydrogens (tertiary/aromatic N) is 3. The Morgan fingerprint density at radius 1 is 1.53 bits per heavy atom. The Labute approximate surface area is 100 Å². The molecule has 2 rings (SSSR count). The Bertz CT molecular complexity index is 439. The van der Waals surface area contributed by atoms with E-state index in [1.807, 2.05) is 0 Å². The fourth-order valence-corrected chi connectivity index (χ4v) is 2.34. The van der Waals surface area contributed by atoms with Gasteiger partial charge in [0.1, 0.15) is 5.78 Å². The molecule has 1 saturated heterocycles. The number of rotatable bonds is 3. The van der Waals surface area contributed by atoms with Gasteiger partial charge in [0.05, 0.1) is 11.8 Å². The smallest absolute Gasteiger partial charge is 0.257 e. The fraction of sp³-hybridized carbons (Fsp3) is 0.583. The molecule has 5 heteroatoms. The lowest BCUT2D eigenvalue weighted by Crippen LogP contribution is -2.36. The Hall–Kier alpha value is -1.65. The van der Waals surface area contributed by atoms with Gasteiger partial charge in [-0.05, 0) is 19.8 Å². The lowest BCUT2D eigenvalue weighted by Gasteiger charge is -2.23. The average molecular weight is 235 g/mol. The highest BCUT2D eigenvalue weighted by Crippen LogP contribution is 2.22. The summed E-state index contributed by atoms with van der Waals surface area (Å²) in [5.74, 6) is 0.128. The van der Waals surface area contributed by atoms with Crippen molar-refractivity contribution in [3.05, 3.63) is 18.0 Å². The lowest BCUT2D eigenvalue weighted by molar-refractivity contribution is -0.117. The zero-order valence-electron chi connectivity index (χ0n) is 10.2. The maximum atomic E-state index is 12.2. The molecule has 0 aliphatic carbocycles. The molecule has 1 aliphatic heterocycles. The van der Waals surface area contributed by atoms with E-state index in [4.69, 9.17) is 0 Å². The quantitative estimate of drug-likeness (QED) is 0.785. The molecule has 0 saturated carbocycles. The second-order valence-electron chi connectivity index (χ2n) is 4.60. The minimum absolute atomic E-state index is 0.0122. The van der Waals surface area contributed by atoms with Crippen molar-refractivity contribution in [1.29, 1.82) is 0 Å². The van der Waals surface area contributed by atoms with Crippen LogP contribution >= 0.6 is 0 Å². The molecule has 2 heterocycles. The van der Waals surface area contributed by atoms with Gasteiger partial charge in [0.25, 0.3) is 5.91 Å². The van der Waals surface area contributed by atoms with Crippen LogP contribution in [0.4, 0.5) is 0 Å². The molecule has 1 aromatic rings. The lowest BCUT2D eigenvalue weighted by atomic mass is 10.1. The van der Waals surface area contributed by atoms with Crippen LogP contribution in [-0.2, 0) is 11.8 Å². The van der Waals surface area contributed by atoms with E-state index in [-0.39, 0.29) is 17.7 Å². The number of carbonyl (C=O) groups is 2. The number of Topliss-reactive ketones (excluding diaryl/α,β-unsaturated/α-hetero) is 1. The third kappa shape index (κ3) is 2.54. The maximum absolute atomic E-state index is 12.2. The zero-order chi connectivity index (χ0) is 12.4. The standard InChI is InChI=1S/C12H17N3O2/c1-9(16)6-11-4-3-5-15(11)12(17)10-7-13-14(2)8-10/h7-8,11H,3-6H2,1-2H3. The first-order valence-electron chi connectivity index (χ1n) is 5.87. The highest BCUT2D eigenvalue weighted by atomic mass is 16.2. The van der Waals surface area contributed by atoms with E-state index in [2.05, 4.69) is 5.10 Å². The van der Waals surface area contributed by atoms with Crippen LogP contribution < -0.4 is 0 Å². The molecule has 1 aromatic heterocycles. The predicted octanol–water partition coefficient (Wildman–Crippen LogP) is 1.00. The van der Waals surface area contributed by atoms with Crippen molar-refractivity contribution in [3.8, 4) is 0 Å². The van der Waals surface area contributed by atoms with Gasteiger partial charge in [0.15, 0.2) is 0 Å². The number of hydrogen-bond donors (Lipinski definition) is 0. The number of aromatic nitrogens is 2. The van der Waals surface area contributed by atoms with Crippen molar-refractivity contribution in [2.75, 3.05) is 6.54 Å². The summed E-state index contributed by atoms with van der Waals surface area (Å²) in [6, 6.07) is 0.0696. The summed E-state index contributed by atoms with van der Waals surface area (Å²) in [5.41, 5.74) is 0.600. The van der Waals surface area contributed by atoms with E-state index >= 15 is 0 Å². The predicted molar refractivity (Wildman–Crippen MR) is 62.6 cm³/mol. The number of hydrogen-bond acceptors (Lipinski definition) is 3. The van der Waals surface area contributed by atoms with E-state index in [0.29, 0.717) is 12.0 Å². The number of carbonyl (C=O) groups excluding carboxylic acids is 2. The molecule has 1 aliphatic rings. The number of ketones is 1. The monoisotopic (exact) mass is 235 g/mol. The van der Waals surface area contributed by atoms with E-state index in [1.165, 1.54) is 0 Å². The molecule has 17 heavy (non-hydrogen) atoms. The van der Waals surface area contributed by atoms with Gasteiger partial charge in [-0.3, -0.25) is 14.3 Å². The van der Waals surface area contributed by atoms with Gasteiger partial charge in [0, 0.05) is 32.3 Å². The second kappa shape index (κ2) is 4.69. The van der Waals surface area contributed by atoms with Gasteiger partial charge in [-0.15, -0.1) is 0 Å². The molecule has 0 N–H and O–H groups in total. The molecule has 5 nitrogen and oxygen atoms in total. The van der Waals surface area contributed by atoms with Crippen molar-refractivity contribution in [2.24, 2.45) is 7.05 Å². The minimum Gasteiger partial charge on any atom is -0.335 e. The van der Waals surface area contributed by atoms with E-state index in [0.717, 1.165) is 19.4 Å². The summed E-state index contributed by atoms with van der Waals surface area (Å²) in [7, 11) is 1.79. The van der Waals surface area contributed by atoms with Crippen LogP contribution in [0.3, 0.4) is 0 Å². The Morgan fingerprint density at radius 2 is 2.29 bits per heavy atom. The van der Waals surface area contributed by atoms with Crippen molar-refractivity contribution in [2.45, 2.75) is 32.2 Å². The molecule has 0 bridgehead atoms. The summed E-state index contributed by atoms with van der Waals surface area (Å²) in [5, 5.41) is 4.00. The Morgan fingerprint density at radius 3 is 2.88 bits per heavy atom. The molecular formula is C12H17N3O2. The normalized spacial score (nSPS) is 19.6. The minimum atomic E-state index is -0.0122. The summed E-state index contributed by atoms with van der Waals surface area (Å²) in [4.78, 5) is 25.2. The number of likely N-dealkylation sites (tertiary alicyclic amines) is 1. The van der Waals surface area contributed by atoms with Gasteiger partial charge in [-0.1, -0.05) is 0 Å². The summed E-state index contributed by atoms with van der Waals surface area (Å²) < 4.78 is 1.61. The van der Waals surface area contributed by atoms with Crippen molar-refractivity contribution in [1.82, 2.24) is 14.7 Å². The van der Waals surface area contributed by atoms with Gasteiger partial charge in [0.2, 0.25) is 0 Å². The molecule has 0 aromatic carbocycles. The molecule has 92 valence electrons. The molecule has 1 atom stereocenters. The molecule has 0 spiro atoms. The summed E-state index contributed by atoms with van der Waals surface area (Å²) >= 11 is 0. The first kappa shape index (κ1) is 11.8. The van der Waals surface area contributed by atoms with Crippen LogP contribution in [0.2, 0.25) is 0 Å². The van der Waals surface area contributed by atoms with Crippen molar-refractivity contribution in [3.63, 3.8) is 0 Å². The van der Waals surface area contributed by atoms with Crippen LogP contribution in [0.15, 0.2) is 12.4 Å². The number of amides is 1. The highest BCUT2D eigenvalue weighted by Gasteiger charge is 2.30. The SMILES string of the molecule is CC(=O)CC1CCCN1C(=O)c1cnn(C)c1. The molecule has 0 radical (unpaired) electrons. The summed E-state index contributed by atoms with van der Waals surface area (Å²) in [6.07, 6.45) is 5.65. The molecular weight excluding hydrogens is 218 g/mol. The van der Waals surface area contributed by atoms with Crippen LogP contribution in [0, 0.1) is 0 Å². The topological polar surface area (TPSA) is 55.2 Å². The van der Waals surface area contributed by atoms with Crippen molar-refractivity contribution >= 4 is 11.7 Å². The maximum Gasteiger partial charge on any atom is 0.257 e. The third-order valence-electron chi connectivity index (χ3n) is 3.11. The fourth-order valence-electron chi connectivity index (χ4n) is 2.34. The Balaban J connectivity index is 2.10. The number of aryl methyl sites for hydroxylation is 1. The zero-order valence-corrected chi connectivity index (χ0v) is 10.2. The molecule has 1 amide bonds. The largest absolute Gasteiger partial charge is 0.335 e. The van der Waals surface area contributed by atoms with Crippen LogP contribution in [0.25, 0.3) is 0 Å².